The number of carbonyl (C=O) groups is 1. The minimum atomic E-state index is -0.746. The lowest BCUT2D eigenvalue weighted by molar-refractivity contribution is -0.141. The molecule has 0 fully saturated rings. The predicted molar refractivity (Wildman–Crippen MR) is 54.1 cm³/mol. The summed E-state index contributed by atoms with van der Waals surface area (Å²) in [7, 11) is 0. The van der Waals surface area contributed by atoms with Crippen LogP contribution in [0.25, 0.3) is 0 Å². The fraction of sp³-hybridized carbons (Fsp3) is 0.455. The standard InChI is InChI=1S/C11H15NO2/c1-3-9-7-12-5-4-10(9)6-8(2)11(13)14/h4-5,7-8H,3,6H2,1-2H3,(H,13,14). The molecular formula is C11H15NO2. The summed E-state index contributed by atoms with van der Waals surface area (Å²) in [4.78, 5) is 14.7. The molecule has 1 atom stereocenters. The van der Waals surface area contributed by atoms with Gasteiger partial charge in [-0.2, -0.15) is 0 Å². The van der Waals surface area contributed by atoms with Gasteiger partial charge in [-0.1, -0.05) is 13.8 Å². The van der Waals surface area contributed by atoms with Gasteiger partial charge in [0.05, 0.1) is 5.92 Å². The van der Waals surface area contributed by atoms with E-state index in [9.17, 15) is 4.79 Å². The van der Waals surface area contributed by atoms with E-state index in [1.54, 1.807) is 13.1 Å². The van der Waals surface area contributed by atoms with Crippen molar-refractivity contribution in [1.29, 1.82) is 0 Å². The summed E-state index contributed by atoms with van der Waals surface area (Å²) >= 11 is 0. The van der Waals surface area contributed by atoms with Crippen molar-refractivity contribution in [3.05, 3.63) is 29.6 Å². The van der Waals surface area contributed by atoms with Crippen LogP contribution in [0, 0.1) is 5.92 Å². The molecule has 1 heterocycles. The van der Waals surface area contributed by atoms with Gasteiger partial charge in [-0.3, -0.25) is 9.78 Å². The number of aromatic nitrogens is 1. The van der Waals surface area contributed by atoms with Crippen LogP contribution in [0.2, 0.25) is 0 Å². The highest BCUT2D eigenvalue weighted by molar-refractivity contribution is 5.69. The largest absolute Gasteiger partial charge is 0.481 e. The van der Waals surface area contributed by atoms with Crippen LogP contribution in [-0.4, -0.2) is 16.1 Å². The molecule has 0 saturated heterocycles. The normalized spacial score (nSPS) is 12.4. The fourth-order valence-electron chi connectivity index (χ4n) is 1.39. The molecule has 1 aromatic heterocycles. The first-order chi connectivity index (χ1) is 6.65. The number of pyridine rings is 1. The molecule has 3 heteroatoms. The summed E-state index contributed by atoms with van der Waals surface area (Å²) < 4.78 is 0. The third-order valence-electron chi connectivity index (χ3n) is 2.33. The molecule has 0 aromatic carbocycles. The van der Waals surface area contributed by atoms with Gasteiger partial charge in [0.1, 0.15) is 0 Å². The first kappa shape index (κ1) is 10.7. The van der Waals surface area contributed by atoms with Crippen molar-refractivity contribution in [2.24, 2.45) is 5.92 Å². The minimum Gasteiger partial charge on any atom is -0.481 e. The zero-order valence-electron chi connectivity index (χ0n) is 8.53. The predicted octanol–water partition coefficient (Wildman–Crippen LogP) is 1.91. The van der Waals surface area contributed by atoms with Gasteiger partial charge in [0.2, 0.25) is 0 Å². The lowest BCUT2D eigenvalue weighted by Gasteiger charge is -2.09. The SMILES string of the molecule is CCc1cnccc1CC(C)C(=O)O. The summed E-state index contributed by atoms with van der Waals surface area (Å²) in [6, 6.07) is 1.90. The van der Waals surface area contributed by atoms with Crippen molar-refractivity contribution in [2.75, 3.05) is 0 Å². The molecule has 0 bridgehead atoms. The molecule has 3 nitrogen and oxygen atoms in total. The van der Waals surface area contributed by atoms with Crippen LogP contribution in [0.5, 0.6) is 0 Å². The molecule has 0 spiro atoms. The van der Waals surface area contributed by atoms with Crippen LogP contribution in [-0.2, 0) is 17.6 Å². The molecule has 0 radical (unpaired) electrons. The van der Waals surface area contributed by atoms with E-state index in [4.69, 9.17) is 5.11 Å². The Morgan fingerprint density at radius 3 is 2.86 bits per heavy atom. The Labute approximate surface area is 83.8 Å². The highest BCUT2D eigenvalue weighted by atomic mass is 16.4. The van der Waals surface area contributed by atoms with E-state index >= 15 is 0 Å². The molecule has 1 aromatic rings. The highest BCUT2D eigenvalue weighted by Gasteiger charge is 2.13. The van der Waals surface area contributed by atoms with Crippen LogP contribution in [0.15, 0.2) is 18.5 Å². The number of carboxylic acids is 1. The Morgan fingerprint density at radius 2 is 2.29 bits per heavy atom. The van der Waals surface area contributed by atoms with Crippen LogP contribution < -0.4 is 0 Å². The zero-order valence-corrected chi connectivity index (χ0v) is 8.53. The van der Waals surface area contributed by atoms with Crippen LogP contribution in [0.3, 0.4) is 0 Å². The van der Waals surface area contributed by atoms with Crippen LogP contribution in [0.4, 0.5) is 0 Å². The summed E-state index contributed by atoms with van der Waals surface area (Å²) in [5.41, 5.74) is 2.23. The maximum atomic E-state index is 10.7. The van der Waals surface area contributed by atoms with Gasteiger partial charge < -0.3 is 5.11 Å². The average Bonchev–Trinajstić information content (AvgIpc) is 2.18. The average molecular weight is 193 g/mol. The molecule has 0 saturated carbocycles. The quantitative estimate of drug-likeness (QED) is 0.794. The lowest BCUT2D eigenvalue weighted by Crippen LogP contribution is -2.13. The number of hydrogen-bond acceptors (Lipinski definition) is 2. The number of aryl methyl sites for hydroxylation is 1. The molecule has 14 heavy (non-hydrogen) atoms. The van der Waals surface area contributed by atoms with E-state index < -0.39 is 5.97 Å². The van der Waals surface area contributed by atoms with E-state index in [1.807, 2.05) is 19.2 Å². The molecule has 1 unspecified atom stereocenters. The Balaban J connectivity index is 2.80. The summed E-state index contributed by atoms with van der Waals surface area (Å²) in [6.45, 7) is 3.77. The second-order valence-corrected chi connectivity index (χ2v) is 3.44. The first-order valence-electron chi connectivity index (χ1n) is 4.79. The maximum Gasteiger partial charge on any atom is 0.306 e. The molecule has 1 rings (SSSR count). The van der Waals surface area contributed by atoms with Crippen molar-refractivity contribution in [1.82, 2.24) is 4.98 Å². The second kappa shape index (κ2) is 4.74. The molecular weight excluding hydrogens is 178 g/mol. The van der Waals surface area contributed by atoms with Gasteiger partial charge in [-0.25, -0.2) is 0 Å². The van der Waals surface area contributed by atoms with Gasteiger partial charge in [-0.15, -0.1) is 0 Å². The second-order valence-electron chi connectivity index (χ2n) is 3.44. The van der Waals surface area contributed by atoms with Crippen LogP contribution >= 0.6 is 0 Å². The summed E-state index contributed by atoms with van der Waals surface area (Å²) in [5, 5.41) is 8.79. The molecule has 1 N–H and O–H groups in total. The number of carboxylic acid groups (broad SMARTS) is 1. The topological polar surface area (TPSA) is 50.2 Å². The van der Waals surface area contributed by atoms with E-state index in [1.165, 1.54) is 0 Å². The third-order valence-corrected chi connectivity index (χ3v) is 2.33. The molecule has 76 valence electrons. The molecule has 0 aliphatic carbocycles. The van der Waals surface area contributed by atoms with Gasteiger partial charge >= 0.3 is 5.97 Å². The fourth-order valence-corrected chi connectivity index (χ4v) is 1.39. The van der Waals surface area contributed by atoms with Crippen molar-refractivity contribution < 1.29 is 9.90 Å². The Kier molecular flexibility index (Phi) is 3.63. The first-order valence-corrected chi connectivity index (χ1v) is 4.79. The number of hydrogen-bond donors (Lipinski definition) is 1. The number of rotatable bonds is 4. The van der Waals surface area contributed by atoms with Gasteiger partial charge in [-0.05, 0) is 30.0 Å². The Morgan fingerprint density at radius 1 is 1.57 bits per heavy atom. The van der Waals surface area contributed by atoms with Gasteiger partial charge in [0.25, 0.3) is 0 Å². The smallest absolute Gasteiger partial charge is 0.306 e. The van der Waals surface area contributed by atoms with Gasteiger partial charge in [0.15, 0.2) is 0 Å². The third kappa shape index (κ3) is 2.55. The van der Waals surface area contributed by atoms with Gasteiger partial charge in [0, 0.05) is 12.4 Å². The summed E-state index contributed by atoms with van der Waals surface area (Å²) in [5.74, 6) is -1.08. The van der Waals surface area contributed by atoms with E-state index in [-0.39, 0.29) is 5.92 Å². The van der Waals surface area contributed by atoms with Crippen LogP contribution in [0.1, 0.15) is 25.0 Å². The van der Waals surface area contributed by atoms with Crippen molar-refractivity contribution >= 4 is 5.97 Å². The van der Waals surface area contributed by atoms with E-state index in [2.05, 4.69) is 4.98 Å². The lowest BCUT2D eigenvalue weighted by atomic mass is 9.97. The highest BCUT2D eigenvalue weighted by Crippen LogP contribution is 2.13. The van der Waals surface area contributed by atoms with Crippen molar-refractivity contribution in [2.45, 2.75) is 26.7 Å². The maximum absolute atomic E-state index is 10.7. The van der Waals surface area contributed by atoms with E-state index in [0.29, 0.717) is 6.42 Å². The number of nitrogens with zero attached hydrogens (tertiary/aromatic N) is 1. The molecule has 0 amide bonds. The monoisotopic (exact) mass is 193 g/mol. The van der Waals surface area contributed by atoms with Crippen molar-refractivity contribution in [3.63, 3.8) is 0 Å². The molecule has 0 aliphatic rings. The number of aliphatic carboxylic acids is 1. The van der Waals surface area contributed by atoms with Crippen molar-refractivity contribution in [3.8, 4) is 0 Å². The zero-order chi connectivity index (χ0) is 10.6. The molecule has 0 aliphatic heterocycles. The van der Waals surface area contributed by atoms with E-state index in [0.717, 1.165) is 17.5 Å². The summed E-state index contributed by atoms with van der Waals surface area (Å²) in [6.07, 6.45) is 5.00. The minimum absolute atomic E-state index is 0.331. The Hall–Kier alpha value is -1.38. The Bertz CT molecular complexity index is 323.